The minimum Gasteiger partial charge on any atom is -0.328 e. The van der Waals surface area contributed by atoms with Gasteiger partial charge < -0.3 is 5.73 Å². The van der Waals surface area contributed by atoms with Crippen molar-refractivity contribution in [3.05, 3.63) is 29.8 Å². The first kappa shape index (κ1) is 17.4. The van der Waals surface area contributed by atoms with Crippen molar-refractivity contribution in [1.29, 1.82) is 0 Å². The molecule has 0 aliphatic rings. The summed E-state index contributed by atoms with van der Waals surface area (Å²) in [6.07, 6.45) is 1.33. The third kappa shape index (κ3) is 4.94. The smallest absolute Gasteiger partial charge is 0.240 e. The number of benzene rings is 1. The number of sulfonamides is 1. The number of halogens is 1. The molecule has 1 aromatic carbocycles. The van der Waals surface area contributed by atoms with Gasteiger partial charge in [0.1, 0.15) is 0 Å². The molecule has 0 heterocycles. The van der Waals surface area contributed by atoms with Gasteiger partial charge in [-0.3, -0.25) is 0 Å². The summed E-state index contributed by atoms with van der Waals surface area (Å²) in [5.74, 6) is 0. The first-order chi connectivity index (χ1) is 7.97. The minimum atomic E-state index is -3.40. The highest BCUT2D eigenvalue weighted by atomic mass is 35.5. The number of hydrogen-bond acceptors (Lipinski definition) is 3. The Bertz CT molecular complexity index is 461. The average molecular weight is 293 g/mol. The lowest BCUT2D eigenvalue weighted by molar-refractivity contribution is 0.571. The van der Waals surface area contributed by atoms with Gasteiger partial charge in [-0.15, -0.1) is 12.4 Å². The van der Waals surface area contributed by atoms with Gasteiger partial charge in [0.15, 0.2) is 0 Å². The molecule has 3 N–H and O–H groups in total. The minimum absolute atomic E-state index is 0. The summed E-state index contributed by atoms with van der Waals surface area (Å²) in [6.45, 7) is 4.17. The number of nitrogens with one attached hydrogen (secondary N) is 1. The van der Waals surface area contributed by atoms with Crippen molar-refractivity contribution in [1.82, 2.24) is 4.72 Å². The molecule has 0 aliphatic carbocycles. The van der Waals surface area contributed by atoms with Crippen LogP contribution in [0.3, 0.4) is 0 Å². The highest BCUT2D eigenvalue weighted by molar-refractivity contribution is 7.89. The van der Waals surface area contributed by atoms with Gasteiger partial charge in [0.05, 0.1) is 4.90 Å². The van der Waals surface area contributed by atoms with Crippen molar-refractivity contribution in [2.75, 3.05) is 6.54 Å². The van der Waals surface area contributed by atoms with Gasteiger partial charge in [0.25, 0.3) is 0 Å². The Morgan fingerprint density at radius 2 is 1.94 bits per heavy atom. The monoisotopic (exact) mass is 292 g/mol. The second kappa shape index (κ2) is 7.74. The first-order valence-electron chi connectivity index (χ1n) is 5.80. The third-order valence-corrected chi connectivity index (χ3v) is 4.10. The molecular weight excluding hydrogens is 272 g/mol. The predicted octanol–water partition coefficient (Wildman–Crippen LogP) is 1.69. The van der Waals surface area contributed by atoms with Crippen molar-refractivity contribution in [2.45, 2.75) is 37.6 Å². The van der Waals surface area contributed by atoms with Crippen LogP contribution in [0.15, 0.2) is 29.2 Å². The van der Waals surface area contributed by atoms with E-state index in [2.05, 4.69) is 4.72 Å². The Morgan fingerprint density at radius 3 is 2.50 bits per heavy atom. The second-order valence-corrected chi connectivity index (χ2v) is 5.86. The van der Waals surface area contributed by atoms with E-state index in [1.165, 1.54) is 0 Å². The molecule has 0 saturated heterocycles. The molecule has 4 nitrogen and oxygen atoms in total. The lowest BCUT2D eigenvalue weighted by atomic mass is 10.2. The zero-order valence-electron chi connectivity index (χ0n) is 10.7. The van der Waals surface area contributed by atoms with Crippen LogP contribution >= 0.6 is 12.4 Å². The SMILES string of the molecule is CCc1ccccc1S(=O)(=O)NCCC(C)N.Cl. The van der Waals surface area contributed by atoms with Crippen LogP contribution in [-0.2, 0) is 16.4 Å². The van der Waals surface area contributed by atoms with Crippen molar-refractivity contribution in [3.8, 4) is 0 Å². The van der Waals surface area contributed by atoms with Crippen LogP contribution in [0.5, 0.6) is 0 Å². The molecule has 0 fully saturated rings. The molecule has 18 heavy (non-hydrogen) atoms. The maximum atomic E-state index is 12.0. The number of hydrogen-bond donors (Lipinski definition) is 2. The molecule has 0 spiro atoms. The first-order valence-corrected chi connectivity index (χ1v) is 7.29. The van der Waals surface area contributed by atoms with Crippen molar-refractivity contribution in [2.24, 2.45) is 5.73 Å². The van der Waals surface area contributed by atoms with Crippen molar-refractivity contribution >= 4 is 22.4 Å². The van der Waals surface area contributed by atoms with Crippen LogP contribution in [0.4, 0.5) is 0 Å². The maximum absolute atomic E-state index is 12.0. The molecule has 0 radical (unpaired) electrons. The van der Waals surface area contributed by atoms with E-state index in [0.717, 1.165) is 5.56 Å². The van der Waals surface area contributed by atoms with Gasteiger partial charge in [-0.25, -0.2) is 13.1 Å². The summed E-state index contributed by atoms with van der Waals surface area (Å²) in [5, 5.41) is 0. The molecule has 1 unspecified atom stereocenters. The molecule has 0 aromatic heterocycles. The quantitative estimate of drug-likeness (QED) is 0.838. The van der Waals surface area contributed by atoms with Crippen LogP contribution in [0.1, 0.15) is 25.8 Å². The Balaban J connectivity index is 0.00000289. The fraction of sp³-hybridized carbons (Fsp3) is 0.500. The van der Waals surface area contributed by atoms with E-state index in [1.54, 1.807) is 12.1 Å². The predicted molar refractivity (Wildman–Crippen MR) is 76.5 cm³/mol. The molecule has 0 aliphatic heterocycles. The zero-order chi connectivity index (χ0) is 12.9. The van der Waals surface area contributed by atoms with Crippen LogP contribution < -0.4 is 10.5 Å². The maximum Gasteiger partial charge on any atom is 0.240 e. The average Bonchev–Trinajstić information content (AvgIpc) is 2.28. The summed E-state index contributed by atoms with van der Waals surface area (Å²) >= 11 is 0. The zero-order valence-corrected chi connectivity index (χ0v) is 12.4. The van der Waals surface area contributed by atoms with E-state index >= 15 is 0 Å². The summed E-state index contributed by atoms with van der Waals surface area (Å²) in [7, 11) is -3.40. The van der Waals surface area contributed by atoms with Gasteiger partial charge >= 0.3 is 0 Å². The highest BCUT2D eigenvalue weighted by Gasteiger charge is 2.16. The van der Waals surface area contributed by atoms with Crippen LogP contribution in [0.2, 0.25) is 0 Å². The van der Waals surface area contributed by atoms with Crippen molar-refractivity contribution < 1.29 is 8.42 Å². The van der Waals surface area contributed by atoms with Crippen molar-refractivity contribution in [3.63, 3.8) is 0 Å². The van der Waals surface area contributed by atoms with Gasteiger partial charge in [0, 0.05) is 12.6 Å². The van der Waals surface area contributed by atoms with Gasteiger partial charge in [-0.2, -0.15) is 0 Å². The fourth-order valence-electron chi connectivity index (χ4n) is 1.56. The molecule has 6 heteroatoms. The standard InChI is InChI=1S/C12H20N2O2S.ClH/c1-3-11-6-4-5-7-12(11)17(15,16)14-9-8-10(2)13;/h4-7,10,14H,3,8-9,13H2,1-2H3;1H. The third-order valence-electron chi connectivity index (χ3n) is 2.53. The Kier molecular flexibility index (Phi) is 7.47. The normalized spacial score (nSPS) is 12.8. The molecular formula is C12H21ClN2O2S. The van der Waals surface area contributed by atoms with E-state index in [0.29, 0.717) is 24.3 Å². The Labute approximate surface area is 115 Å². The Hall–Kier alpha value is -0.620. The van der Waals surface area contributed by atoms with E-state index in [-0.39, 0.29) is 18.4 Å². The fourth-order valence-corrected chi connectivity index (χ4v) is 2.91. The van der Waals surface area contributed by atoms with E-state index in [4.69, 9.17) is 5.73 Å². The summed E-state index contributed by atoms with van der Waals surface area (Å²) in [6, 6.07) is 7.05. The van der Waals surface area contributed by atoms with Gasteiger partial charge in [-0.1, -0.05) is 25.1 Å². The number of rotatable bonds is 6. The number of nitrogens with two attached hydrogens (primary N) is 1. The van der Waals surface area contributed by atoms with Crippen LogP contribution in [0.25, 0.3) is 0 Å². The lowest BCUT2D eigenvalue weighted by Gasteiger charge is -2.11. The largest absolute Gasteiger partial charge is 0.328 e. The number of aryl methyl sites for hydroxylation is 1. The lowest BCUT2D eigenvalue weighted by Crippen LogP contribution is -2.29. The molecule has 0 saturated carbocycles. The van der Waals surface area contributed by atoms with Crippen LogP contribution in [-0.4, -0.2) is 21.0 Å². The van der Waals surface area contributed by atoms with Gasteiger partial charge in [0.2, 0.25) is 10.0 Å². The molecule has 104 valence electrons. The second-order valence-electron chi connectivity index (χ2n) is 4.13. The van der Waals surface area contributed by atoms with E-state index < -0.39 is 10.0 Å². The van der Waals surface area contributed by atoms with E-state index in [1.807, 2.05) is 26.0 Å². The molecule has 1 atom stereocenters. The molecule has 1 rings (SSSR count). The molecule has 0 amide bonds. The Morgan fingerprint density at radius 1 is 1.33 bits per heavy atom. The summed E-state index contributed by atoms with van der Waals surface area (Å²) in [4.78, 5) is 0.368. The van der Waals surface area contributed by atoms with Gasteiger partial charge in [-0.05, 0) is 31.4 Å². The summed E-state index contributed by atoms with van der Waals surface area (Å²) < 4.78 is 26.7. The summed E-state index contributed by atoms with van der Waals surface area (Å²) in [5.41, 5.74) is 6.42. The molecule has 0 bridgehead atoms. The highest BCUT2D eigenvalue weighted by Crippen LogP contribution is 2.15. The topological polar surface area (TPSA) is 72.2 Å². The molecule has 1 aromatic rings. The van der Waals surface area contributed by atoms with Crippen LogP contribution in [0, 0.1) is 0 Å². The van der Waals surface area contributed by atoms with E-state index in [9.17, 15) is 8.42 Å².